The second kappa shape index (κ2) is 11.8. The average molecular weight is 602 g/mol. The molecule has 0 unspecified atom stereocenters. The fourth-order valence-electron chi connectivity index (χ4n) is 5.10. The van der Waals surface area contributed by atoms with E-state index in [0.717, 1.165) is 42.6 Å². The Hall–Kier alpha value is -4.42. The Kier molecular flexibility index (Phi) is 7.81. The van der Waals surface area contributed by atoms with Crippen LogP contribution in [0.4, 0.5) is 11.6 Å². The van der Waals surface area contributed by atoms with Gasteiger partial charge in [0, 0.05) is 40.9 Å². The molecular formula is C29H28ClN9O2S. The molecule has 0 atom stereocenters. The molecule has 5 aromatic rings. The third kappa shape index (κ3) is 5.68. The number of anilines is 2. The standard InChI is InChI=1S/C29H28ClN9O2S/c1-19-35-36-37-39(19)14-4-13-38-16-24(20-7-9-23(10-8-20)32-26(40)25-17-42-18-31-25)33-28(38)34-27(41)29(11-3-12-29)21-5-2-6-22(30)15-21/h2,5-10,15-18H,3-4,11-14H2,1H3,(H,32,40)(H,33,34,41). The molecule has 0 spiro atoms. The molecule has 1 aliphatic carbocycles. The molecule has 214 valence electrons. The molecule has 3 heterocycles. The monoisotopic (exact) mass is 601 g/mol. The number of nitrogens with zero attached hydrogens (tertiary/aromatic N) is 7. The molecule has 0 aliphatic heterocycles. The molecule has 13 heteroatoms. The minimum atomic E-state index is -0.636. The summed E-state index contributed by atoms with van der Waals surface area (Å²) in [5.41, 5.74) is 4.48. The Morgan fingerprint density at radius 3 is 2.60 bits per heavy atom. The van der Waals surface area contributed by atoms with Crippen LogP contribution in [0.3, 0.4) is 0 Å². The lowest BCUT2D eigenvalue weighted by molar-refractivity contribution is -0.124. The summed E-state index contributed by atoms with van der Waals surface area (Å²) >= 11 is 7.65. The van der Waals surface area contributed by atoms with Crippen molar-refractivity contribution in [2.45, 2.75) is 51.1 Å². The van der Waals surface area contributed by atoms with Crippen molar-refractivity contribution in [2.24, 2.45) is 0 Å². The van der Waals surface area contributed by atoms with Crippen LogP contribution in [0.15, 0.2) is 65.6 Å². The van der Waals surface area contributed by atoms with Gasteiger partial charge in [-0.2, -0.15) is 0 Å². The molecule has 2 amide bonds. The van der Waals surface area contributed by atoms with Gasteiger partial charge in [0.1, 0.15) is 11.5 Å². The highest BCUT2D eigenvalue weighted by Gasteiger charge is 2.46. The molecule has 3 aromatic heterocycles. The van der Waals surface area contributed by atoms with E-state index in [9.17, 15) is 9.59 Å². The maximum Gasteiger partial charge on any atom is 0.275 e. The van der Waals surface area contributed by atoms with E-state index in [0.29, 0.717) is 41.1 Å². The number of benzene rings is 2. The van der Waals surface area contributed by atoms with Crippen molar-refractivity contribution in [1.82, 2.24) is 34.7 Å². The lowest BCUT2D eigenvalue weighted by atomic mass is 9.64. The zero-order chi connectivity index (χ0) is 29.1. The molecule has 2 N–H and O–H groups in total. The van der Waals surface area contributed by atoms with Crippen LogP contribution in [0.25, 0.3) is 11.3 Å². The number of hydrogen-bond acceptors (Lipinski definition) is 8. The van der Waals surface area contributed by atoms with Crippen molar-refractivity contribution in [3.05, 3.63) is 87.7 Å². The van der Waals surface area contributed by atoms with Gasteiger partial charge >= 0.3 is 0 Å². The molecule has 6 rings (SSSR count). The van der Waals surface area contributed by atoms with E-state index in [4.69, 9.17) is 16.6 Å². The highest BCUT2D eigenvalue weighted by atomic mass is 35.5. The predicted molar refractivity (Wildman–Crippen MR) is 161 cm³/mol. The van der Waals surface area contributed by atoms with Crippen LogP contribution in [0.2, 0.25) is 5.02 Å². The van der Waals surface area contributed by atoms with Crippen molar-refractivity contribution >= 4 is 46.4 Å². The van der Waals surface area contributed by atoms with Crippen molar-refractivity contribution in [2.75, 3.05) is 10.6 Å². The number of rotatable bonds is 10. The Labute approximate surface area is 251 Å². The second-order valence-electron chi connectivity index (χ2n) is 10.3. The predicted octanol–water partition coefficient (Wildman–Crippen LogP) is 5.36. The smallest absolute Gasteiger partial charge is 0.275 e. The molecule has 2 aromatic carbocycles. The van der Waals surface area contributed by atoms with Crippen molar-refractivity contribution in [3.63, 3.8) is 0 Å². The fourth-order valence-corrected chi connectivity index (χ4v) is 5.82. The topological polar surface area (TPSA) is 133 Å². The number of hydrogen-bond donors (Lipinski definition) is 2. The third-order valence-corrected chi connectivity index (χ3v) is 8.43. The number of tetrazole rings is 1. The Balaban J connectivity index is 1.24. The molecule has 42 heavy (non-hydrogen) atoms. The van der Waals surface area contributed by atoms with Crippen molar-refractivity contribution < 1.29 is 9.59 Å². The van der Waals surface area contributed by atoms with E-state index < -0.39 is 5.41 Å². The number of imidazole rings is 1. The Morgan fingerprint density at radius 1 is 1.10 bits per heavy atom. The summed E-state index contributed by atoms with van der Waals surface area (Å²) in [4.78, 5) is 35.0. The first-order valence-corrected chi connectivity index (χ1v) is 14.9. The molecule has 11 nitrogen and oxygen atoms in total. The number of amides is 2. The first-order valence-electron chi connectivity index (χ1n) is 13.6. The molecule has 1 aliphatic rings. The highest BCUT2D eigenvalue weighted by Crippen LogP contribution is 2.45. The van der Waals surface area contributed by atoms with Crippen LogP contribution in [0.1, 0.15) is 47.6 Å². The van der Waals surface area contributed by atoms with E-state index in [1.807, 2.05) is 66.2 Å². The quantitative estimate of drug-likeness (QED) is 0.220. The average Bonchev–Trinajstić information content (AvgIpc) is 3.71. The SMILES string of the molecule is Cc1nnnn1CCCn1cc(-c2ccc(NC(=O)c3cscn3)cc2)nc1NC(=O)C1(c2cccc(Cl)c2)CCC1. The normalized spacial score (nSPS) is 13.9. The maximum atomic E-state index is 13.8. The fraction of sp³-hybridized carbons (Fsp3) is 0.276. The van der Waals surface area contributed by atoms with Crippen LogP contribution in [-0.4, -0.2) is 46.6 Å². The van der Waals surface area contributed by atoms with Gasteiger partial charge < -0.3 is 9.88 Å². The van der Waals surface area contributed by atoms with Crippen molar-refractivity contribution in [3.8, 4) is 11.3 Å². The van der Waals surface area contributed by atoms with E-state index in [1.165, 1.54) is 11.3 Å². The van der Waals surface area contributed by atoms with Crippen LogP contribution in [0, 0.1) is 6.92 Å². The van der Waals surface area contributed by atoms with E-state index in [2.05, 4.69) is 31.1 Å². The number of aromatic nitrogens is 7. The van der Waals surface area contributed by atoms with E-state index in [1.54, 1.807) is 15.6 Å². The number of halogens is 1. The zero-order valence-corrected chi connectivity index (χ0v) is 24.4. The van der Waals surface area contributed by atoms with E-state index >= 15 is 0 Å². The summed E-state index contributed by atoms with van der Waals surface area (Å²) < 4.78 is 3.70. The summed E-state index contributed by atoms with van der Waals surface area (Å²) in [6, 6.07) is 15.0. The van der Waals surface area contributed by atoms with Gasteiger partial charge in [0.2, 0.25) is 11.9 Å². The van der Waals surface area contributed by atoms with Crippen LogP contribution in [-0.2, 0) is 23.3 Å². The van der Waals surface area contributed by atoms with Gasteiger partial charge in [0.05, 0.1) is 16.6 Å². The summed E-state index contributed by atoms with van der Waals surface area (Å²) in [5.74, 6) is 0.856. The Morgan fingerprint density at radius 2 is 1.93 bits per heavy atom. The summed E-state index contributed by atoms with van der Waals surface area (Å²) in [7, 11) is 0. The lowest BCUT2D eigenvalue weighted by Crippen LogP contribution is -2.46. The summed E-state index contributed by atoms with van der Waals surface area (Å²) in [6.45, 7) is 3.07. The third-order valence-electron chi connectivity index (χ3n) is 7.60. The van der Waals surface area contributed by atoms with Gasteiger partial charge in [-0.05, 0) is 66.4 Å². The minimum absolute atomic E-state index is 0.0918. The molecule has 1 fully saturated rings. The van der Waals surface area contributed by atoms with Gasteiger partial charge in [0.25, 0.3) is 5.91 Å². The van der Waals surface area contributed by atoms with Crippen molar-refractivity contribution in [1.29, 1.82) is 0 Å². The van der Waals surface area contributed by atoms with Gasteiger partial charge in [-0.3, -0.25) is 14.9 Å². The lowest BCUT2D eigenvalue weighted by Gasteiger charge is -2.40. The highest BCUT2D eigenvalue weighted by molar-refractivity contribution is 7.07. The van der Waals surface area contributed by atoms with Gasteiger partial charge in [-0.25, -0.2) is 14.6 Å². The second-order valence-corrected chi connectivity index (χ2v) is 11.4. The molecule has 0 bridgehead atoms. The largest absolute Gasteiger partial charge is 0.321 e. The minimum Gasteiger partial charge on any atom is -0.321 e. The summed E-state index contributed by atoms with van der Waals surface area (Å²) in [5, 5.41) is 20.0. The van der Waals surface area contributed by atoms with Gasteiger partial charge in [0.15, 0.2) is 0 Å². The first kappa shape index (κ1) is 27.7. The van der Waals surface area contributed by atoms with E-state index in [-0.39, 0.29) is 11.8 Å². The number of thiazole rings is 1. The molecular weight excluding hydrogens is 574 g/mol. The zero-order valence-electron chi connectivity index (χ0n) is 22.8. The van der Waals surface area contributed by atoms with Crippen LogP contribution >= 0.6 is 22.9 Å². The Bertz CT molecular complexity index is 1710. The molecule has 1 saturated carbocycles. The number of nitrogens with one attached hydrogen (secondary N) is 2. The number of carbonyl (C=O) groups excluding carboxylic acids is 2. The maximum absolute atomic E-state index is 13.8. The first-order chi connectivity index (χ1) is 20.4. The van der Waals surface area contributed by atoms with Gasteiger partial charge in [-0.1, -0.05) is 42.3 Å². The van der Waals surface area contributed by atoms with Crippen LogP contribution < -0.4 is 10.6 Å². The van der Waals surface area contributed by atoms with Crippen LogP contribution in [0.5, 0.6) is 0 Å². The number of carbonyl (C=O) groups is 2. The summed E-state index contributed by atoms with van der Waals surface area (Å²) in [6.07, 6.45) is 5.12. The molecule has 0 saturated heterocycles. The molecule has 0 radical (unpaired) electrons. The van der Waals surface area contributed by atoms with Gasteiger partial charge in [-0.15, -0.1) is 16.4 Å². The number of aryl methyl sites for hydroxylation is 3.